The van der Waals surface area contributed by atoms with E-state index in [0.717, 1.165) is 6.54 Å². The maximum Gasteiger partial charge on any atom is 0.129 e. The van der Waals surface area contributed by atoms with Gasteiger partial charge in [0.1, 0.15) is 12.5 Å². The number of hydrogen-bond donors (Lipinski definition) is 0. The molecule has 1 atom stereocenters. The molecule has 0 amide bonds. The van der Waals surface area contributed by atoms with E-state index in [4.69, 9.17) is 0 Å². The number of halogens is 1. The van der Waals surface area contributed by atoms with E-state index >= 15 is 0 Å². The molecule has 1 heterocycles. The summed E-state index contributed by atoms with van der Waals surface area (Å²) in [6.07, 6.45) is 8.45. The molecule has 4 heteroatoms. The summed E-state index contributed by atoms with van der Waals surface area (Å²) in [6, 6.07) is 0. The first kappa shape index (κ1) is 11.8. The molecule has 0 fully saturated rings. The van der Waals surface area contributed by atoms with Crippen molar-refractivity contribution in [3.63, 3.8) is 0 Å². The summed E-state index contributed by atoms with van der Waals surface area (Å²) in [5, 5.41) is 6.56. The minimum absolute atomic E-state index is 0.432. The molecule has 14 heavy (non-hydrogen) atoms. The number of hydrazone groups is 1. The van der Waals surface area contributed by atoms with E-state index < -0.39 is 0 Å². The van der Waals surface area contributed by atoms with Crippen molar-refractivity contribution < 1.29 is 0 Å². The van der Waals surface area contributed by atoms with Crippen molar-refractivity contribution in [2.45, 2.75) is 52.1 Å². The SMILES string of the molecule is CCCCC1N(Br)C=NN1CCCC. The summed E-state index contributed by atoms with van der Waals surface area (Å²) in [4.78, 5) is 0. The average molecular weight is 262 g/mol. The molecular formula is C10H20BrN3. The van der Waals surface area contributed by atoms with Gasteiger partial charge in [-0.25, -0.2) is 0 Å². The average Bonchev–Trinajstić information content (AvgIpc) is 2.53. The van der Waals surface area contributed by atoms with E-state index in [1.807, 2.05) is 10.3 Å². The molecule has 0 aliphatic carbocycles. The van der Waals surface area contributed by atoms with Crippen LogP contribution in [0.3, 0.4) is 0 Å². The van der Waals surface area contributed by atoms with Crippen molar-refractivity contribution in [1.82, 2.24) is 8.93 Å². The molecule has 1 unspecified atom stereocenters. The summed E-state index contributed by atoms with van der Waals surface area (Å²) in [5.74, 6) is 0. The van der Waals surface area contributed by atoms with Gasteiger partial charge in [-0.05, 0) is 19.3 Å². The van der Waals surface area contributed by atoms with Gasteiger partial charge in [-0.2, -0.15) is 5.10 Å². The van der Waals surface area contributed by atoms with Crippen LogP contribution in [0.15, 0.2) is 5.10 Å². The van der Waals surface area contributed by atoms with Crippen LogP contribution in [-0.2, 0) is 0 Å². The van der Waals surface area contributed by atoms with Gasteiger partial charge >= 0.3 is 0 Å². The fourth-order valence-electron chi connectivity index (χ4n) is 1.58. The zero-order valence-corrected chi connectivity index (χ0v) is 10.7. The predicted octanol–water partition coefficient (Wildman–Crippen LogP) is 3.17. The topological polar surface area (TPSA) is 18.8 Å². The van der Waals surface area contributed by atoms with Gasteiger partial charge in [0.2, 0.25) is 0 Å². The van der Waals surface area contributed by atoms with Gasteiger partial charge in [0.05, 0.1) is 16.1 Å². The van der Waals surface area contributed by atoms with Crippen LogP contribution in [0, 0.1) is 0 Å². The van der Waals surface area contributed by atoms with Crippen LogP contribution in [0.25, 0.3) is 0 Å². The molecule has 0 aromatic rings. The smallest absolute Gasteiger partial charge is 0.129 e. The van der Waals surface area contributed by atoms with Crippen molar-refractivity contribution in [2.75, 3.05) is 6.54 Å². The van der Waals surface area contributed by atoms with E-state index in [2.05, 4.69) is 40.1 Å². The molecular weight excluding hydrogens is 242 g/mol. The van der Waals surface area contributed by atoms with E-state index in [0.29, 0.717) is 6.17 Å². The van der Waals surface area contributed by atoms with Crippen LogP contribution in [0.2, 0.25) is 0 Å². The Morgan fingerprint density at radius 1 is 1.29 bits per heavy atom. The highest BCUT2D eigenvalue weighted by Crippen LogP contribution is 2.21. The van der Waals surface area contributed by atoms with E-state index in [1.54, 1.807) is 0 Å². The first-order valence-corrected chi connectivity index (χ1v) is 6.25. The third-order valence-corrected chi connectivity index (χ3v) is 3.15. The molecule has 0 aromatic carbocycles. The zero-order chi connectivity index (χ0) is 10.4. The second kappa shape index (κ2) is 6.27. The molecule has 0 saturated heterocycles. The quantitative estimate of drug-likeness (QED) is 0.685. The van der Waals surface area contributed by atoms with Gasteiger partial charge in [-0.3, -0.25) is 8.93 Å². The van der Waals surface area contributed by atoms with Crippen molar-refractivity contribution in [2.24, 2.45) is 5.10 Å². The summed E-state index contributed by atoms with van der Waals surface area (Å²) >= 11 is 3.51. The maximum atomic E-state index is 4.38. The van der Waals surface area contributed by atoms with Crippen LogP contribution < -0.4 is 0 Å². The number of nitrogens with zero attached hydrogens (tertiary/aromatic N) is 3. The van der Waals surface area contributed by atoms with Gasteiger partial charge in [0.25, 0.3) is 0 Å². The van der Waals surface area contributed by atoms with Crippen molar-refractivity contribution in [3.8, 4) is 0 Å². The lowest BCUT2D eigenvalue weighted by Gasteiger charge is -2.26. The fraction of sp³-hybridized carbons (Fsp3) is 0.900. The number of rotatable bonds is 6. The molecule has 82 valence electrons. The lowest BCUT2D eigenvalue weighted by molar-refractivity contribution is 0.167. The third-order valence-electron chi connectivity index (χ3n) is 2.50. The van der Waals surface area contributed by atoms with Crippen LogP contribution in [0.1, 0.15) is 46.0 Å². The molecule has 0 aromatic heterocycles. The van der Waals surface area contributed by atoms with Gasteiger partial charge in [0.15, 0.2) is 0 Å². The molecule has 1 aliphatic heterocycles. The summed E-state index contributed by atoms with van der Waals surface area (Å²) in [5.41, 5.74) is 0. The summed E-state index contributed by atoms with van der Waals surface area (Å²) in [6.45, 7) is 5.51. The highest BCUT2D eigenvalue weighted by molar-refractivity contribution is 9.07. The largest absolute Gasteiger partial charge is 0.274 e. The Morgan fingerprint density at radius 3 is 2.64 bits per heavy atom. The predicted molar refractivity (Wildman–Crippen MR) is 64.2 cm³/mol. The van der Waals surface area contributed by atoms with Gasteiger partial charge in [0, 0.05) is 6.54 Å². The first-order valence-electron chi connectivity index (χ1n) is 5.54. The number of hydrogen-bond acceptors (Lipinski definition) is 3. The molecule has 0 spiro atoms. The highest BCUT2D eigenvalue weighted by Gasteiger charge is 2.24. The molecule has 1 aliphatic rings. The number of unbranched alkanes of at least 4 members (excludes halogenated alkanes) is 2. The molecule has 0 saturated carbocycles. The molecule has 1 rings (SSSR count). The normalized spacial score (nSPS) is 20.9. The van der Waals surface area contributed by atoms with Crippen molar-refractivity contribution in [3.05, 3.63) is 0 Å². The van der Waals surface area contributed by atoms with E-state index in [9.17, 15) is 0 Å². The van der Waals surface area contributed by atoms with E-state index in [-0.39, 0.29) is 0 Å². The monoisotopic (exact) mass is 261 g/mol. The maximum absolute atomic E-state index is 4.38. The Kier molecular flexibility index (Phi) is 5.30. The Hall–Kier alpha value is -0.250. The second-order valence-corrected chi connectivity index (χ2v) is 4.53. The minimum atomic E-state index is 0.432. The van der Waals surface area contributed by atoms with Crippen molar-refractivity contribution in [1.29, 1.82) is 0 Å². The molecule has 0 N–H and O–H groups in total. The Labute approximate surface area is 95.5 Å². The van der Waals surface area contributed by atoms with Crippen LogP contribution in [0.4, 0.5) is 0 Å². The van der Waals surface area contributed by atoms with Crippen LogP contribution in [-0.4, -0.2) is 28.0 Å². The lowest BCUT2D eigenvalue weighted by atomic mass is 10.2. The minimum Gasteiger partial charge on any atom is -0.274 e. The Balaban J connectivity index is 2.35. The Bertz CT molecular complexity index is 184. The van der Waals surface area contributed by atoms with E-state index in [1.165, 1.54) is 32.1 Å². The van der Waals surface area contributed by atoms with Crippen LogP contribution in [0.5, 0.6) is 0 Å². The zero-order valence-electron chi connectivity index (χ0n) is 9.12. The molecule has 0 radical (unpaired) electrons. The standard InChI is InChI=1S/C10H20BrN3/c1-3-5-7-10-13(11)9-12-14(10)8-6-4-2/h9-10H,3-8H2,1-2H3. The van der Waals surface area contributed by atoms with Gasteiger partial charge < -0.3 is 0 Å². The fourth-order valence-corrected chi connectivity index (χ4v) is 2.08. The highest BCUT2D eigenvalue weighted by atomic mass is 79.9. The first-order chi connectivity index (χ1) is 6.79. The summed E-state index contributed by atoms with van der Waals surface area (Å²) in [7, 11) is 0. The van der Waals surface area contributed by atoms with Crippen LogP contribution >= 0.6 is 16.1 Å². The van der Waals surface area contributed by atoms with Crippen molar-refractivity contribution >= 4 is 22.5 Å². The summed E-state index contributed by atoms with van der Waals surface area (Å²) < 4.78 is 2.04. The third kappa shape index (κ3) is 3.15. The van der Waals surface area contributed by atoms with Gasteiger partial charge in [-0.1, -0.05) is 26.7 Å². The second-order valence-electron chi connectivity index (χ2n) is 3.71. The Morgan fingerprint density at radius 2 is 2.00 bits per heavy atom. The van der Waals surface area contributed by atoms with Gasteiger partial charge in [-0.15, -0.1) is 0 Å². The molecule has 0 bridgehead atoms. The lowest BCUT2D eigenvalue weighted by Crippen LogP contribution is -2.34. The molecule has 3 nitrogen and oxygen atoms in total.